The maximum Gasteiger partial charge on any atom is 0.320 e. The SMILES string of the molecule is COc1nc(N2CCOC[C@H]2C)cc(-n2ncc3cc(C)c(C4CCNCC4)cc32)n1. The highest BCUT2D eigenvalue weighted by Gasteiger charge is 2.23. The van der Waals surface area contributed by atoms with Crippen LogP contribution in [-0.2, 0) is 4.74 Å². The molecule has 2 saturated heterocycles. The number of piperidine rings is 1. The molecule has 3 aromatic rings. The third-order valence-electron chi connectivity index (χ3n) is 6.47. The molecule has 2 fully saturated rings. The molecule has 0 spiro atoms. The molecule has 5 rings (SSSR count). The number of benzene rings is 1. The van der Waals surface area contributed by atoms with Gasteiger partial charge in [0.05, 0.1) is 38.1 Å². The quantitative estimate of drug-likeness (QED) is 0.693. The molecule has 0 amide bonds. The lowest BCUT2D eigenvalue weighted by Gasteiger charge is -2.34. The van der Waals surface area contributed by atoms with E-state index in [0.717, 1.165) is 42.2 Å². The van der Waals surface area contributed by atoms with Gasteiger partial charge in [-0.15, -0.1) is 0 Å². The number of anilines is 1. The third kappa shape index (κ3) is 3.85. The van der Waals surface area contributed by atoms with Crippen LogP contribution in [0.25, 0.3) is 16.7 Å². The van der Waals surface area contributed by atoms with Crippen molar-refractivity contribution in [3.05, 3.63) is 35.5 Å². The van der Waals surface area contributed by atoms with Gasteiger partial charge in [0.2, 0.25) is 0 Å². The number of morpholine rings is 1. The first-order chi connectivity index (χ1) is 15.1. The summed E-state index contributed by atoms with van der Waals surface area (Å²) >= 11 is 0. The van der Waals surface area contributed by atoms with Gasteiger partial charge in [0.15, 0.2) is 5.82 Å². The Morgan fingerprint density at radius 3 is 2.71 bits per heavy atom. The Morgan fingerprint density at radius 2 is 1.94 bits per heavy atom. The van der Waals surface area contributed by atoms with E-state index in [1.54, 1.807) is 7.11 Å². The number of aryl methyl sites for hydroxylation is 1. The predicted octanol–water partition coefficient (Wildman–Crippen LogP) is 2.82. The summed E-state index contributed by atoms with van der Waals surface area (Å²) in [5.41, 5.74) is 3.82. The molecule has 0 radical (unpaired) electrons. The van der Waals surface area contributed by atoms with Crippen molar-refractivity contribution in [1.29, 1.82) is 0 Å². The number of hydrogen-bond donors (Lipinski definition) is 1. The summed E-state index contributed by atoms with van der Waals surface area (Å²) in [6.07, 6.45) is 4.25. The fourth-order valence-corrected chi connectivity index (χ4v) is 4.77. The van der Waals surface area contributed by atoms with Crippen molar-refractivity contribution in [2.45, 2.75) is 38.6 Å². The van der Waals surface area contributed by atoms with Gasteiger partial charge in [-0.1, -0.05) is 0 Å². The monoisotopic (exact) mass is 422 g/mol. The third-order valence-corrected chi connectivity index (χ3v) is 6.47. The number of nitrogens with zero attached hydrogens (tertiary/aromatic N) is 5. The normalized spacial score (nSPS) is 20.4. The topological polar surface area (TPSA) is 77.3 Å². The first-order valence-electron chi connectivity index (χ1n) is 11.1. The average Bonchev–Trinajstić information content (AvgIpc) is 3.21. The minimum absolute atomic E-state index is 0.240. The molecule has 8 heteroatoms. The van der Waals surface area contributed by atoms with E-state index in [1.807, 2.05) is 16.9 Å². The van der Waals surface area contributed by atoms with Gasteiger partial charge in [-0.25, -0.2) is 4.68 Å². The molecule has 8 nitrogen and oxygen atoms in total. The second kappa shape index (κ2) is 8.43. The Bertz CT molecular complexity index is 1080. The second-order valence-electron chi connectivity index (χ2n) is 8.54. The molecule has 31 heavy (non-hydrogen) atoms. The molecule has 4 heterocycles. The zero-order chi connectivity index (χ0) is 21.4. The van der Waals surface area contributed by atoms with Crippen molar-refractivity contribution in [2.24, 2.45) is 0 Å². The first kappa shape index (κ1) is 20.2. The van der Waals surface area contributed by atoms with E-state index < -0.39 is 0 Å². The molecule has 2 aliphatic rings. The maximum atomic E-state index is 5.59. The van der Waals surface area contributed by atoms with Crippen LogP contribution in [0.15, 0.2) is 24.4 Å². The van der Waals surface area contributed by atoms with Gasteiger partial charge < -0.3 is 19.7 Å². The Hall–Kier alpha value is -2.71. The van der Waals surface area contributed by atoms with E-state index in [1.165, 1.54) is 24.0 Å². The lowest BCUT2D eigenvalue weighted by atomic mass is 9.87. The number of fused-ring (bicyclic) bond motifs is 1. The lowest BCUT2D eigenvalue weighted by Crippen LogP contribution is -2.44. The molecular weight excluding hydrogens is 392 g/mol. The Morgan fingerprint density at radius 1 is 1.13 bits per heavy atom. The molecule has 0 bridgehead atoms. The number of ether oxygens (including phenoxy) is 2. The smallest absolute Gasteiger partial charge is 0.320 e. The van der Waals surface area contributed by atoms with Crippen molar-refractivity contribution in [3.8, 4) is 11.8 Å². The van der Waals surface area contributed by atoms with Gasteiger partial charge in [0, 0.05) is 18.0 Å². The zero-order valence-corrected chi connectivity index (χ0v) is 18.5. The molecule has 0 aliphatic carbocycles. The minimum Gasteiger partial charge on any atom is -0.467 e. The highest BCUT2D eigenvalue weighted by Crippen LogP contribution is 2.32. The molecule has 1 N–H and O–H groups in total. The average molecular weight is 423 g/mol. The van der Waals surface area contributed by atoms with Gasteiger partial charge >= 0.3 is 6.01 Å². The second-order valence-corrected chi connectivity index (χ2v) is 8.54. The highest BCUT2D eigenvalue weighted by atomic mass is 16.5. The largest absolute Gasteiger partial charge is 0.467 e. The molecular formula is C23H30N6O2. The van der Waals surface area contributed by atoms with Crippen LogP contribution in [-0.4, -0.2) is 65.7 Å². The summed E-state index contributed by atoms with van der Waals surface area (Å²) in [6, 6.07) is 7.14. The Kier molecular flexibility index (Phi) is 5.50. The van der Waals surface area contributed by atoms with Gasteiger partial charge in [-0.05, 0) is 69.0 Å². The van der Waals surface area contributed by atoms with Crippen LogP contribution in [0.5, 0.6) is 6.01 Å². The highest BCUT2D eigenvalue weighted by molar-refractivity contribution is 5.82. The standard InChI is InChI=1S/C23H30N6O2/c1-15-10-18-13-25-29(20(18)11-19(15)17-4-6-24-7-5-17)22-12-21(26-23(27-22)30-3)28-8-9-31-14-16(28)2/h10-13,16-17,24H,4-9,14H2,1-3H3/t16-/m1/s1. The lowest BCUT2D eigenvalue weighted by molar-refractivity contribution is 0.0984. The summed E-state index contributed by atoms with van der Waals surface area (Å²) in [4.78, 5) is 11.5. The fourth-order valence-electron chi connectivity index (χ4n) is 4.77. The van der Waals surface area contributed by atoms with Crippen molar-refractivity contribution >= 4 is 16.7 Å². The van der Waals surface area contributed by atoms with Crippen LogP contribution >= 0.6 is 0 Å². The first-order valence-corrected chi connectivity index (χ1v) is 11.1. The zero-order valence-electron chi connectivity index (χ0n) is 18.5. The van der Waals surface area contributed by atoms with Gasteiger partial charge in [-0.3, -0.25) is 0 Å². The van der Waals surface area contributed by atoms with E-state index in [2.05, 4.69) is 51.3 Å². The van der Waals surface area contributed by atoms with Crippen LogP contribution in [0.1, 0.15) is 36.8 Å². The van der Waals surface area contributed by atoms with Gasteiger partial charge in [0.1, 0.15) is 5.82 Å². The molecule has 164 valence electrons. The van der Waals surface area contributed by atoms with E-state index in [0.29, 0.717) is 25.1 Å². The van der Waals surface area contributed by atoms with Crippen molar-refractivity contribution in [3.63, 3.8) is 0 Å². The number of methoxy groups -OCH3 is 1. The number of hydrogen-bond acceptors (Lipinski definition) is 7. The van der Waals surface area contributed by atoms with Crippen LogP contribution in [0.4, 0.5) is 5.82 Å². The van der Waals surface area contributed by atoms with E-state index >= 15 is 0 Å². The van der Waals surface area contributed by atoms with Crippen LogP contribution in [0, 0.1) is 6.92 Å². The van der Waals surface area contributed by atoms with Crippen molar-refractivity contribution in [1.82, 2.24) is 25.1 Å². The predicted molar refractivity (Wildman–Crippen MR) is 120 cm³/mol. The summed E-state index contributed by atoms with van der Waals surface area (Å²) in [6.45, 7) is 8.67. The van der Waals surface area contributed by atoms with Crippen molar-refractivity contribution < 1.29 is 9.47 Å². The summed E-state index contributed by atoms with van der Waals surface area (Å²) < 4.78 is 13.0. The summed E-state index contributed by atoms with van der Waals surface area (Å²) in [5.74, 6) is 2.14. The molecule has 0 saturated carbocycles. The Balaban J connectivity index is 1.59. The molecule has 2 aromatic heterocycles. The number of aromatic nitrogens is 4. The van der Waals surface area contributed by atoms with E-state index in [-0.39, 0.29) is 6.04 Å². The van der Waals surface area contributed by atoms with Crippen LogP contribution in [0.3, 0.4) is 0 Å². The number of rotatable bonds is 4. The fraction of sp³-hybridized carbons (Fsp3) is 0.522. The van der Waals surface area contributed by atoms with Crippen LogP contribution in [0.2, 0.25) is 0 Å². The van der Waals surface area contributed by atoms with Gasteiger partial charge in [-0.2, -0.15) is 15.1 Å². The Labute approximate surface area is 182 Å². The van der Waals surface area contributed by atoms with Crippen molar-refractivity contribution in [2.75, 3.05) is 44.9 Å². The molecule has 1 aromatic carbocycles. The van der Waals surface area contributed by atoms with Gasteiger partial charge in [0.25, 0.3) is 0 Å². The van der Waals surface area contributed by atoms with Crippen LogP contribution < -0.4 is 15.0 Å². The summed E-state index contributed by atoms with van der Waals surface area (Å²) in [5, 5.41) is 9.27. The van der Waals surface area contributed by atoms with E-state index in [9.17, 15) is 0 Å². The maximum absolute atomic E-state index is 5.59. The molecule has 0 unspecified atom stereocenters. The minimum atomic E-state index is 0.240. The number of nitrogens with one attached hydrogen (secondary N) is 1. The summed E-state index contributed by atoms with van der Waals surface area (Å²) in [7, 11) is 1.60. The van der Waals surface area contributed by atoms with E-state index in [4.69, 9.17) is 9.47 Å². The molecule has 2 aliphatic heterocycles. The molecule has 1 atom stereocenters.